The van der Waals surface area contributed by atoms with Gasteiger partial charge in [-0.25, -0.2) is 8.42 Å². The fourth-order valence-corrected chi connectivity index (χ4v) is 5.47. The van der Waals surface area contributed by atoms with E-state index in [9.17, 15) is 8.42 Å². The molecule has 0 bridgehead atoms. The number of hydrogen-bond donors (Lipinski definition) is 2. The Hall–Kier alpha value is -1.69. The number of rotatable bonds is 4. The molecule has 116 valence electrons. The minimum Gasteiger partial charge on any atom is -0.329 e. The van der Waals surface area contributed by atoms with Gasteiger partial charge >= 0.3 is 0 Å². The normalized spacial score (nSPS) is 27.6. The van der Waals surface area contributed by atoms with Crippen LogP contribution in [0.15, 0.2) is 59.5 Å². The molecule has 2 aromatic carbocycles. The molecule has 22 heavy (non-hydrogen) atoms. The molecule has 4 N–H and O–H groups in total. The lowest BCUT2D eigenvalue weighted by atomic mass is 10.1. The summed E-state index contributed by atoms with van der Waals surface area (Å²) in [4.78, 5) is 0.310. The predicted molar refractivity (Wildman–Crippen MR) is 87.3 cm³/mol. The lowest BCUT2D eigenvalue weighted by molar-refractivity contribution is 0.586. The van der Waals surface area contributed by atoms with Gasteiger partial charge in [0.05, 0.1) is 15.7 Å². The second-order valence-corrected chi connectivity index (χ2v) is 8.05. The first kappa shape index (κ1) is 15.2. The van der Waals surface area contributed by atoms with Crippen LogP contribution < -0.4 is 11.5 Å². The van der Waals surface area contributed by atoms with Crippen LogP contribution in [0.5, 0.6) is 0 Å². The predicted octanol–water partition coefficient (Wildman–Crippen LogP) is 1.59. The molecule has 2 aromatic rings. The van der Waals surface area contributed by atoms with Crippen LogP contribution in [-0.2, 0) is 9.84 Å². The van der Waals surface area contributed by atoms with E-state index in [1.54, 1.807) is 24.3 Å². The smallest absolute Gasteiger partial charge is 0.183 e. The first-order valence-corrected chi connectivity index (χ1v) is 8.80. The Morgan fingerprint density at radius 2 is 1.64 bits per heavy atom. The molecule has 0 saturated heterocycles. The second-order valence-electron chi connectivity index (χ2n) is 5.98. The zero-order valence-electron chi connectivity index (χ0n) is 12.4. The van der Waals surface area contributed by atoms with Crippen LogP contribution in [0.1, 0.15) is 17.0 Å². The quantitative estimate of drug-likeness (QED) is 0.897. The number of nitrogens with two attached hydrogens (primary N) is 2. The maximum atomic E-state index is 12.9. The molecule has 1 aliphatic carbocycles. The van der Waals surface area contributed by atoms with Crippen LogP contribution in [0.25, 0.3) is 0 Å². The summed E-state index contributed by atoms with van der Waals surface area (Å²) in [6.45, 7) is 2.07. The number of benzene rings is 2. The highest BCUT2D eigenvalue weighted by atomic mass is 32.2. The standard InChI is InChI=1S/C17H20N2O2S/c1-12-7-9-14(10-8-12)22(20,21)16-15(17(16,19)11-18)13-5-3-2-4-6-13/h2-10,15-16H,11,18-19H2,1H3/t15-,16+,17-/m0/s1. The Morgan fingerprint density at radius 3 is 2.18 bits per heavy atom. The second kappa shape index (κ2) is 5.19. The molecule has 0 radical (unpaired) electrons. The fourth-order valence-electron chi connectivity index (χ4n) is 3.15. The van der Waals surface area contributed by atoms with Crippen LogP contribution in [0.2, 0.25) is 0 Å². The van der Waals surface area contributed by atoms with Gasteiger partial charge < -0.3 is 11.5 Å². The van der Waals surface area contributed by atoms with E-state index in [0.717, 1.165) is 11.1 Å². The molecular weight excluding hydrogens is 296 g/mol. The summed E-state index contributed by atoms with van der Waals surface area (Å²) in [5.41, 5.74) is 13.2. The summed E-state index contributed by atoms with van der Waals surface area (Å²) < 4.78 is 25.9. The molecule has 0 aromatic heterocycles. The maximum absolute atomic E-state index is 12.9. The van der Waals surface area contributed by atoms with Crippen molar-refractivity contribution in [3.63, 3.8) is 0 Å². The van der Waals surface area contributed by atoms with Crippen molar-refractivity contribution < 1.29 is 8.42 Å². The fraction of sp³-hybridized carbons (Fsp3) is 0.294. The van der Waals surface area contributed by atoms with Crippen molar-refractivity contribution in [2.24, 2.45) is 11.5 Å². The molecule has 0 spiro atoms. The largest absolute Gasteiger partial charge is 0.329 e. The Bertz CT molecular complexity index is 772. The average molecular weight is 316 g/mol. The van der Waals surface area contributed by atoms with Crippen LogP contribution in [0.3, 0.4) is 0 Å². The third-order valence-corrected chi connectivity index (χ3v) is 6.81. The number of hydrogen-bond acceptors (Lipinski definition) is 4. The van der Waals surface area contributed by atoms with Gasteiger partial charge in [0.2, 0.25) is 0 Å². The Morgan fingerprint density at radius 1 is 1.05 bits per heavy atom. The van der Waals surface area contributed by atoms with E-state index in [4.69, 9.17) is 11.5 Å². The van der Waals surface area contributed by atoms with Gasteiger partial charge in [-0.05, 0) is 24.6 Å². The molecule has 3 atom stereocenters. The molecule has 4 nitrogen and oxygen atoms in total. The Kier molecular flexibility index (Phi) is 3.59. The molecule has 3 rings (SSSR count). The van der Waals surface area contributed by atoms with Crippen molar-refractivity contribution in [2.45, 2.75) is 28.5 Å². The summed E-state index contributed by atoms with van der Waals surface area (Å²) in [7, 11) is -3.50. The third kappa shape index (κ3) is 2.26. The summed E-state index contributed by atoms with van der Waals surface area (Å²) in [5.74, 6) is -0.259. The van der Waals surface area contributed by atoms with Crippen LogP contribution in [0.4, 0.5) is 0 Å². The summed E-state index contributed by atoms with van der Waals surface area (Å²) in [6.07, 6.45) is 0. The van der Waals surface area contributed by atoms with E-state index in [1.165, 1.54) is 0 Å². The lowest BCUT2D eigenvalue weighted by Crippen LogP contribution is -2.39. The lowest BCUT2D eigenvalue weighted by Gasteiger charge is -2.09. The van der Waals surface area contributed by atoms with E-state index < -0.39 is 20.6 Å². The topological polar surface area (TPSA) is 86.2 Å². The molecule has 5 heteroatoms. The van der Waals surface area contributed by atoms with Gasteiger partial charge in [-0.2, -0.15) is 0 Å². The maximum Gasteiger partial charge on any atom is 0.183 e. The zero-order valence-corrected chi connectivity index (χ0v) is 13.3. The highest BCUT2D eigenvalue weighted by molar-refractivity contribution is 7.92. The van der Waals surface area contributed by atoms with Gasteiger partial charge in [-0.3, -0.25) is 0 Å². The van der Waals surface area contributed by atoms with Gasteiger partial charge in [0.25, 0.3) is 0 Å². The molecule has 0 amide bonds. The number of sulfone groups is 1. The minimum atomic E-state index is -3.50. The average Bonchev–Trinajstić information content (AvgIpc) is 3.16. The van der Waals surface area contributed by atoms with E-state index in [2.05, 4.69) is 0 Å². The van der Waals surface area contributed by atoms with Gasteiger partial charge in [-0.1, -0.05) is 48.0 Å². The van der Waals surface area contributed by atoms with Crippen molar-refractivity contribution in [3.8, 4) is 0 Å². The van der Waals surface area contributed by atoms with Crippen molar-refractivity contribution in [1.82, 2.24) is 0 Å². The molecule has 1 aliphatic rings. The SMILES string of the molecule is Cc1ccc(S(=O)(=O)[C@@H]2[C@H](c3ccccc3)[C@@]2(N)CN)cc1. The Balaban J connectivity index is 2.01. The minimum absolute atomic E-state index is 0.141. The zero-order chi connectivity index (χ0) is 16.0. The first-order chi connectivity index (χ1) is 10.4. The van der Waals surface area contributed by atoms with Crippen LogP contribution >= 0.6 is 0 Å². The summed E-state index contributed by atoms with van der Waals surface area (Å²) >= 11 is 0. The molecular formula is C17H20N2O2S. The monoisotopic (exact) mass is 316 g/mol. The summed E-state index contributed by atoms with van der Waals surface area (Å²) in [6, 6.07) is 16.4. The van der Waals surface area contributed by atoms with Crippen molar-refractivity contribution in [2.75, 3.05) is 6.54 Å². The van der Waals surface area contributed by atoms with Crippen molar-refractivity contribution in [3.05, 3.63) is 65.7 Å². The molecule has 0 unspecified atom stereocenters. The van der Waals surface area contributed by atoms with E-state index >= 15 is 0 Å². The molecule has 0 heterocycles. The van der Waals surface area contributed by atoms with E-state index in [0.29, 0.717) is 4.90 Å². The van der Waals surface area contributed by atoms with E-state index in [-0.39, 0.29) is 12.5 Å². The first-order valence-electron chi connectivity index (χ1n) is 7.26. The van der Waals surface area contributed by atoms with E-state index in [1.807, 2.05) is 37.3 Å². The van der Waals surface area contributed by atoms with Crippen LogP contribution in [0, 0.1) is 6.92 Å². The van der Waals surface area contributed by atoms with Crippen molar-refractivity contribution >= 4 is 9.84 Å². The van der Waals surface area contributed by atoms with Gasteiger partial charge in [-0.15, -0.1) is 0 Å². The Labute approximate surface area is 131 Å². The molecule has 1 fully saturated rings. The third-order valence-electron chi connectivity index (χ3n) is 4.50. The molecule has 0 aliphatic heterocycles. The number of aryl methyl sites for hydroxylation is 1. The van der Waals surface area contributed by atoms with Crippen molar-refractivity contribution in [1.29, 1.82) is 0 Å². The van der Waals surface area contributed by atoms with Gasteiger partial charge in [0, 0.05) is 12.5 Å². The highest BCUT2D eigenvalue weighted by Crippen LogP contribution is 2.55. The van der Waals surface area contributed by atoms with Gasteiger partial charge in [0.15, 0.2) is 9.84 Å². The van der Waals surface area contributed by atoms with Crippen LogP contribution in [-0.4, -0.2) is 25.8 Å². The van der Waals surface area contributed by atoms with Gasteiger partial charge in [0.1, 0.15) is 0 Å². The molecule has 1 saturated carbocycles. The summed E-state index contributed by atoms with van der Waals surface area (Å²) in [5, 5.41) is -0.671. The highest BCUT2D eigenvalue weighted by Gasteiger charge is 2.68.